The van der Waals surface area contributed by atoms with Crippen LogP contribution in [0.2, 0.25) is 0 Å². The topological polar surface area (TPSA) is 52.9 Å². The molecule has 134 valence electrons. The van der Waals surface area contributed by atoms with Gasteiger partial charge in [0.15, 0.2) is 5.54 Å². The molecular formula is C21H30N3O+. The number of likely N-dealkylation sites (N-methyl/N-ethyl adjacent to an activating group) is 1. The summed E-state index contributed by atoms with van der Waals surface area (Å²) in [5.41, 5.74) is 3.25. The molecule has 1 aliphatic carbocycles. The molecule has 3 rings (SSSR count). The second-order valence-electron chi connectivity index (χ2n) is 7.91. The molecule has 1 amide bonds. The Morgan fingerprint density at radius 1 is 1.16 bits per heavy atom. The Balaban J connectivity index is 1.87. The lowest BCUT2D eigenvalue weighted by atomic mass is 10.0. The van der Waals surface area contributed by atoms with Crippen molar-refractivity contribution in [3.8, 4) is 6.07 Å². The van der Waals surface area contributed by atoms with Gasteiger partial charge in [-0.3, -0.25) is 4.79 Å². The highest BCUT2D eigenvalue weighted by Crippen LogP contribution is 2.49. The molecule has 0 unspecified atom stereocenters. The minimum atomic E-state index is -0.230. The number of likely N-dealkylation sites (tertiary alicyclic amines) is 1. The van der Waals surface area contributed by atoms with Gasteiger partial charge < -0.3 is 9.80 Å². The molecule has 0 spiro atoms. The zero-order valence-corrected chi connectivity index (χ0v) is 15.8. The van der Waals surface area contributed by atoms with E-state index in [1.54, 1.807) is 0 Å². The number of nitrogens with one attached hydrogen (secondary N) is 1. The van der Waals surface area contributed by atoms with Crippen LogP contribution in [-0.2, 0) is 4.79 Å². The van der Waals surface area contributed by atoms with Gasteiger partial charge >= 0.3 is 0 Å². The summed E-state index contributed by atoms with van der Waals surface area (Å²) in [4.78, 5) is 13.3. The number of rotatable bonds is 4. The summed E-state index contributed by atoms with van der Waals surface area (Å²) in [6.07, 6.45) is 7.06. The standard InChI is InChI=1S/C21H29N3O/c1-4-24(11-7-5-6-8-12-24)21(9-10-21)20(25)23-19-16(2)13-18(15-22)14-17(19)3/h13-14H,4-12H2,1-3H3/p+1. The summed E-state index contributed by atoms with van der Waals surface area (Å²) in [5, 5.41) is 12.4. The first-order valence-electron chi connectivity index (χ1n) is 9.67. The van der Waals surface area contributed by atoms with E-state index < -0.39 is 0 Å². The molecule has 1 aliphatic heterocycles. The van der Waals surface area contributed by atoms with E-state index in [9.17, 15) is 4.79 Å². The van der Waals surface area contributed by atoms with Crippen LogP contribution in [0.25, 0.3) is 0 Å². The van der Waals surface area contributed by atoms with E-state index in [-0.39, 0.29) is 11.4 Å². The average molecular weight is 340 g/mol. The van der Waals surface area contributed by atoms with Crippen LogP contribution in [0.4, 0.5) is 5.69 Å². The fraction of sp³-hybridized carbons (Fsp3) is 0.619. The molecule has 4 heteroatoms. The molecule has 0 bridgehead atoms. The average Bonchev–Trinajstić information content (AvgIpc) is 3.42. The second kappa shape index (κ2) is 6.80. The van der Waals surface area contributed by atoms with Crippen LogP contribution < -0.4 is 5.32 Å². The summed E-state index contributed by atoms with van der Waals surface area (Å²) in [7, 11) is 0. The molecule has 1 saturated carbocycles. The highest BCUT2D eigenvalue weighted by molar-refractivity contribution is 6.00. The highest BCUT2D eigenvalue weighted by atomic mass is 16.2. The van der Waals surface area contributed by atoms with Crippen LogP contribution in [0.3, 0.4) is 0 Å². The van der Waals surface area contributed by atoms with Crippen molar-refractivity contribution in [1.29, 1.82) is 5.26 Å². The van der Waals surface area contributed by atoms with Crippen LogP contribution >= 0.6 is 0 Å². The van der Waals surface area contributed by atoms with Gasteiger partial charge in [0.1, 0.15) is 0 Å². The Bertz CT molecular complexity index is 681. The molecule has 1 saturated heterocycles. The number of carbonyl (C=O) groups is 1. The molecule has 1 aromatic carbocycles. The van der Waals surface area contributed by atoms with E-state index in [0.29, 0.717) is 5.56 Å². The van der Waals surface area contributed by atoms with E-state index in [4.69, 9.17) is 5.26 Å². The zero-order valence-electron chi connectivity index (χ0n) is 15.8. The van der Waals surface area contributed by atoms with Gasteiger partial charge in [0.05, 0.1) is 31.3 Å². The van der Waals surface area contributed by atoms with E-state index in [1.165, 1.54) is 25.7 Å². The van der Waals surface area contributed by atoms with Gasteiger partial charge in [0.2, 0.25) is 0 Å². The van der Waals surface area contributed by atoms with Crippen LogP contribution in [0.15, 0.2) is 12.1 Å². The first kappa shape index (κ1) is 17.9. The third kappa shape index (κ3) is 3.06. The van der Waals surface area contributed by atoms with Gasteiger partial charge in [-0.25, -0.2) is 0 Å². The van der Waals surface area contributed by atoms with Crippen LogP contribution in [0, 0.1) is 25.2 Å². The molecule has 2 fully saturated rings. The van der Waals surface area contributed by atoms with Crippen molar-refractivity contribution in [3.05, 3.63) is 28.8 Å². The third-order valence-corrected chi connectivity index (χ3v) is 6.48. The normalized spacial score (nSPS) is 21.0. The monoisotopic (exact) mass is 340 g/mol. The number of nitriles is 1. The van der Waals surface area contributed by atoms with Gasteiger partial charge in [0.25, 0.3) is 5.91 Å². The smallest absolute Gasteiger partial charge is 0.285 e. The van der Waals surface area contributed by atoms with Crippen molar-refractivity contribution in [2.75, 3.05) is 25.0 Å². The Labute approximate surface area is 151 Å². The Hall–Kier alpha value is -1.86. The van der Waals surface area contributed by atoms with Gasteiger partial charge in [-0.1, -0.05) is 0 Å². The number of hydrogen-bond donors (Lipinski definition) is 1. The SMILES string of the molecule is CC[N+]1(C2(C(=O)Nc3c(C)cc(C#N)cc3C)CC2)CCCCCC1. The van der Waals surface area contributed by atoms with Crippen molar-refractivity contribution in [3.63, 3.8) is 0 Å². The summed E-state index contributed by atoms with van der Waals surface area (Å²) >= 11 is 0. The predicted octanol–water partition coefficient (Wildman–Crippen LogP) is 4.06. The fourth-order valence-corrected chi connectivity index (χ4v) is 4.83. The van der Waals surface area contributed by atoms with Crippen LogP contribution in [-0.4, -0.2) is 35.6 Å². The van der Waals surface area contributed by atoms with Crippen molar-refractivity contribution >= 4 is 11.6 Å². The minimum absolute atomic E-state index is 0.187. The van der Waals surface area contributed by atoms with Gasteiger partial charge in [0, 0.05) is 18.5 Å². The van der Waals surface area contributed by atoms with Gasteiger partial charge in [-0.05, 0) is 69.7 Å². The van der Waals surface area contributed by atoms with Crippen molar-refractivity contribution < 1.29 is 9.28 Å². The van der Waals surface area contributed by atoms with Crippen molar-refractivity contribution in [2.24, 2.45) is 0 Å². The van der Waals surface area contributed by atoms with Crippen molar-refractivity contribution in [1.82, 2.24) is 0 Å². The zero-order chi connectivity index (χ0) is 18.1. The number of nitrogens with zero attached hydrogens (tertiary/aromatic N) is 2. The quantitative estimate of drug-likeness (QED) is 0.841. The second-order valence-corrected chi connectivity index (χ2v) is 7.91. The number of anilines is 1. The molecule has 25 heavy (non-hydrogen) atoms. The number of hydrogen-bond acceptors (Lipinski definition) is 2. The lowest BCUT2D eigenvalue weighted by Gasteiger charge is -2.43. The van der Waals surface area contributed by atoms with E-state index in [0.717, 1.165) is 53.8 Å². The highest BCUT2D eigenvalue weighted by Gasteiger charge is 2.64. The van der Waals surface area contributed by atoms with E-state index in [2.05, 4.69) is 18.3 Å². The lowest BCUT2D eigenvalue weighted by Crippen LogP contribution is -2.62. The first-order valence-corrected chi connectivity index (χ1v) is 9.67. The van der Waals surface area contributed by atoms with Crippen molar-refractivity contribution in [2.45, 2.75) is 64.8 Å². The number of quaternary nitrogens is 1. The molecule has 0 radical (unpaired) electrons. The maximum atomic E-state index is 13.3. The maximum Gasteiger partial charge on any atom is 0.285 e. The minimum Gasteiger partial charge on any atom is -0.320 e. The summed E-state index contributed by atoms with van der Waals surface area (Å²) in [6, 6.07) is 5.91. The summed E-state index contributed by atoms with van der Waals surface area (Å²) in [6.45, 7) is 9.50. The Kier molecular flexibility index (Phi) is 4.88. The summed E-state index contributed by atoms with van der Waals surface area (Å²) < 4.78 is 0.965. The molecule has 1 aromatic rings. The van der Waals surface area contributed by atoms with Crippen LogP contribution in [0.5, 0.6) is 0 Å². The fourth-order valence-electron chi connectivity index (χ4n) is 4.83. The lowest BCUT2D eigenvalue weighted by molar-refractivity contribution is -0.950. The van der Waals surface area contributed by atoms with Gasteiger partial charge in [-0.15, -0.1) is 0 Å². The molecule has 1 N–H and O–H groups in total. The van der Waals surface area contributed by atoms with E-state index in [1.807, 2.05) is 26.0 Å². The molecule has 1 heterocycles. The number of amides is 1. The number of carbonyl (C=O) groups excluding carboxylic acids is 1. The van der Waals surface area contributed by atoms with Gasteiger partial charge in [-0.2, -0.15) is 5.26 Å². The molecular weight excluding hydrogens is 310 g/mol. The van der Waals surface area contributed by atoms with E-state index >= 15 is 0 Å². The molecule has 0 aromatic heterocycles. The Morgan fingerprint density at radius 2 is 1.72 bits per heavy atom. The number of aryl methyl sites for hydroxylation is 2. The molecule has 0 atom stereocenters. The summed E-state index contributed by atoms with van der Waals surface area (Å²) in [5.74, 6) is 0.187. The first-order chi connectivity index (χ1) is 12.0. The number of benzene rings is 1. The largest absolute Gasteiger partial charge is 0.320 e. The maximum absolute atomic E-state index is 13.3. The Morgan fingerprint density at radius 3 is 2.16 bits per heavy atom. The molecule has 2 aliphatic rings. The molecule has 4 nitrogen and oxygen atoms in total. The predicted molar refractivity (Wildman–Crippen MR) is 100 cm³/mol. The third-order valence-electron chi connectivity index (χ3n) is 6.48. The van der Waals surface area contributed by atoms with Crippen LogP contribution in [0.1, 0.15) is 62.1 Å².